The van der Waals surface area contributed by atoms with Gasteiger partial charge in [0, 0.05) is 24.5 Å². The number of hydrogen-bond donors (Lipinski definition) is 1. The first kappa shape index (κ1) is 21.3. The van der Waals surface area contributed by atoms with E-state index in [4.69, 9.17) is 0 Å². The van der Waals surface area contributed by atoms with E-state index < -0.39 is 40.9 Å². The lowest BCUT2D eigenvalue weighted by molar-refractivity contribution is -0.141. The summed E-state index contributed by atoms with van der Waals surface area (Å²) in [5.74, 6) is -2.33. The van der Waals surface area contributed by atoms with Crippen LogP contribution in [0.15, 0.2) is 48.7 Å². The van der Waals surface area contributed by atoms with Crippen LogP contribution in [0.3, 0.4) is 0 Å². The van der Waals surface area contributed by atoms with Crippen LogP contribution in [0, 0.1) is 5.82 Å². The molecule has 0 spiro atoms. The number of halogens is 7. The predicted octanol–water partition coefficient (Wildman–Crippen LogP) is 5.52. The van der Waals surface area contributed by atoms with Gasteiger partial charge in [0.25, 0.3) is 5.91 Å². The van der Waals surface area contributed by atoms with Crippen LogP contribution in [0.1, 0.15) is 21.6 Å². The van der Waals surface area contributed by atoms with Gasteiger partial charge in [0.05, 0.1) is 11.1 Å². The Kier molecular flexibility index (Phi) is 5.31. The van der Waals surface area contributed by atoms with E-state index in [9.17, 15) is 35.5 Å². The van der Waals surface area contributed by atoms with Crippen molar-refractivity contribution in [3.05, 3.63) is 71.3 Å². The summed E-state index contributed by atoms with van der Waals surface area (Å²) in [4.78, 5) is 12.5. The number of carbonyl (C=O) groups excluding carboxylic acids is 1. The van der Waals surface area contributed by atoms with Crippen LogP contribution in [-0.4, -0.2) is 15.7 Å². The minimum absolute atomic E-state index is 0.00620. The Morgan fingerprint density at radius 3 is 2.30 bits per heavy atom. The summed E-state index contributed by atoms with van der Waals surface area (Å²) in [6.07, 6.45) is -8.84. The first-order valence-electron chi connectivity index (χ1n) is 8.25. The quantitative estimate of drug-likeness (QED) is 0.556. The minimum Gasteiger partial charge on any atom is -0.321 e. The van der Waals surface area contributed by atoms with Crippen molar-refractivity contribution in [3.8, 4) is 11.1 Å². The fraction of sp³-hybridized carbons (Fsp3) is 0.158. The Balaban J connectivity index is 2.02. The predicted molar refractivity (Wildman–Crippen MR) is 93.0 cm³/mol. The van der Waals surface area contributed by atoms with Gasteiger partial charge >= 0.3 is 12.4 Å². The molecule has 30 heavy (non-hydrogen) atoms. The molecular weight excluding hydrogens is 419 g/mol. The van der Waals surface area contributed by atoms with Crippen LogP contribution in [0.2, 0.25) is 0 Å². The van der Waals surface area contributed by atoms with E-state index in [1.807, 2.05) is 0 Å². The van der Waals surface area contributed by atoms with Crippen molar-refractivity contribution in [2.24, 2.45) is 7.05 Å². The third kappa shape index (κ3) is 4.44. The number of aryl methyl sites for hydroxylation is 1. The number of hydrogen-bond acceptors (Lipinski definition) is 2. The third-order valence-corrected chi connectivity index (χ3v) is 4.05. The van der Waals surface area contributed by atoms with Crippen molar-refractivity contribution >= 4 is 11.6 Å². The molecule has 3 rings (SSSR count). The lowest BCUT2D eigenvalue weighted by Gasteiger charge is -2.14. The highest BCUT2D eigenvalue weighted by atomic mass is 19.4. The topological polar surface area (TPSA) is 46.9 Å². The number of carbonyl (C=O) groups is 1. The van der Waals surface area contributed by atoms with Crippen LogP contribution in [0.4, 0.5) is 36.4 Å². The van der Waals surface area contributed by atoms with Crippen molar-refractivity contribution in [1.29, 1.82) is 0 Å². The Hall–Kier alpha value is -3.37. The molecule has 11 heteroatoms. The maximum atomic E-state index is 13.8. The maximum absolute atomic E-state index is 13.8. The summed E-state index contributed by atoms with van der Waals surface area (Å²) in [6, 6.07) is 7.24. The van der Waals surface area contributed by atoms with Crippen LogP contribution >= 0.6 is 0 Å². The van der Waals surface area contributed by atoms with E-state index in [1.165, 1.54) is 31.3 Å². The van der Waals surface area contributed by atoms with Crippen molar-refractivity contribution in [3.63, 3.8) is 0 Å². The molecule has 0 bridgehead atoms. The van der Waals surface area contributed by atoms with E-state index in [0.717, 1.165) is 16.9 Å². The molecule has 1 amide bonds. The van der Waals surface area contributed by atoms with Gasteiger partial charge in [-0.2, -0.15) is 31.4 Å². The zero-order chi connectivity index (χ0) is 22.3. The number of rotatable bonds is 3. The molecule has 0 atom stereocenters. The smallest absolute Gasteiger partial charge is 0.321 e. The molecule has 0 aliphatic carbocycles. The summed E-state index contributed by atoms with van der Waals surface area (Å²) in [7, 11) is 1.20. The molecule has 0 aliphatic rings. The molecule has 1 aromatic heterocycles. The molecule has 2 aromatic carbocycles. The summed E-state index contributed by atoms with van der Waals surface area (Å²) in [6.45, 7) is 0. The monoisotopic (exact) mass is 431 g/mol. The standard InChI is InChI=1S/C19H12F7N3O/c1-29-9-14(16(28-29)19(24,25)26)17(30)27-15-5-3-2-4-13(15)10-6-11(18(21,22)23)8-12(20)7-10/h2-9H,1H3,(H,27,30). The van der Waals surface area contributed by atoms with E-state index >= 15 is 0 Å². The van der Waals surface area contributed by atoms with E-state index in [1.54, 1.807) is 0 Å². The second-order valence-electron chi connectivity index (χ2n) is 6.29. The summed E-state index contributed by atoms with van der Waals surface area (Å²) >= 11 is 0. The third-order valence-electron chi connectivity index (χ3n) is 4.05. The SMILES string of the molecule is Cn1cc(C(=O)Nc2ccccc2-c2cc(F)cc(C(F)(F)F)c2)c(C(F)(F)F)n1. The zero-order valence-corrected chi connectivity index (χ0v) is 15.1. The summed E-state index contributed by atoms with van der Waals surface area (Å²) < 4.78 is 92.9. The second kappa shape index (κ2) is 7.47. The average molecular weight is 431 g/mol. The number of anilines is 1. The molecule has 0 saturated heterocycles. The highest BCUT2D eigenvalue weighted by Gasteiger charge is 2.39. The number of aromatic nitrogens is 2. The first-order valence-corrected chi connectivity index (χ1v) is 8.25. The van der Waals surface area contributed by atoms with E-state index in [-0.39, 0.29) is 16.8 Å². The van der Waals surface area contributed by atoms with E-state index in [0.29, 0.717) is 12.1 Å². The van der Waals surface area contributed by atoms with Crippen molar-refractivity contribution in [2.45, 2.75) is 12.4 Å². The molecule has 1 heterocycles. The second-order valence-corrected chi connectivity index (χ2v) is 6.29. The van der Waals surface area contributed by atoms with Gasteiger partial charge in [-0.1, -0.05) is 18.2 Å². The van der Waals surface area contributed by atoms with Crippen molar-refractivity contribution < 1.29 is 35.5 Å². The van der Waals surface area contributed by atoms with Crippen LogP contribution < -0.4 is 5.32 Å². The molecule has 4 nitrogen and oxygen atoms in total. The van der Waals surface area contributed by atoms with Crippen molar-refractivity contribution in [2.75, 3.05) is 5.32 Å². The Labute approximate surface area is 164 Å². The maximum Gasteiger partial charge on any atom is 0.435 e. The lowest BCUT2D eigenvalue weighted by atomic mass is 10.0. The van der Waals surface area contributed by atoms with Gasteiger partial charge in [-0.15, -0.1) is 0 Å². The van der Waals surface area contributed by atoms with Gasteiger partial charge in [-0.05, 0) is 29.8 Å². The van der Waals surface area contributed by atoms with Crippen LogP contribution in [-0.2, 0) is 19.4 Å². The number of alkyl halides is 6. The molecule has 0 saturated carbocycles. The first-order chi connectivity index (χ1) is 13.9. The summed E-state index contributed by atoms with van der Waals surface area (Å²) in [5.41, 5.74) is -3.74. The lowest BCUT2D eigenvalue weighted by Crippen LogP contribution is -2.18. The van der Waals surface area contributed by atoms with Gasteiger partial charge in [0.15, 0.2) is 5.69 Å². The van der Waals surface area contributed by atoms with Gasteiger partial charge in [-0.25, -0.2) is 4.39 Å². The molecule has 1 N–H and O–H groups in total. The molecule has 0 fully saturated rings. The zero-order valence-electron chi connectivity index (χ0n) is 15.1. The summed E-state index contributed by atoms with van der Waals surface area (Å²) in [5, 5.41) is 5.46. The number of nitrogens with zero attached hydrogens (tertiary/aromatic N) is 2. The Morgan fingerprint density at radius 2 is 1.67 bits per heavy atom. The molecule has 0 unspecified atom stereocenters. The van der Waals surface area contributed by atoms with Crippen molar-refractivity contribution in [1.82, 2.24) is 9.78 Å². The largest absolute Gasteiger partial charge is 0.435 e. The Morgan fingerprint density at radius 1 is 1.00 bits per heavy atom. The Bertz CT molecular complexity index is 1100. The minimum atomic E-state index is -4.89. The molecule has 0 aliphatic heterocycles. The normalized spacial score (nSPS) is 12.1. The number of benzene rings is 2. The fourth-order valence-electron chi connectivity index (χ4n) is 2.81. The van der Waals surface area contributed by atoms with E-state index in [2.05, 4.69) is 10.4 Å². The van der Waals surface area contributed by atoms with Crippen LogP contribution in [0.5, 0.6) is 0 Å². The fourth-order valence-corrected chi connectivity index (χ4v) is 2.81. The van der Waals surface area contributed by atoms with Gasteiger partial charge < -0.3 is 5.32 Å². The highest BCUT2D eigenvalue weighted by molar-refractivity contribution is 6.07. The molecular formula is C19H12F7N3O. The number of para-hydroxylation sites is 1. The molecule has 3 aromatic rings. The molecule has 0 radical (unpaired) electrons. The van der Waals surface area contributed by atoms with Crippen LogP contribution in [0.25, 0.3) is 11.1 Å². The van der Waals surface area contributed by atoms with Gasteiger partial charge in [0.2, 0.25) is 0 Å². The number of amides is 1. The number of nitrogens with one attached hydrogen (secondary N) is 1. The average Bonchev–Trinajstić information content (AvgIpc) is 3.03. The highest BCUT2D eigenvalue weighted by Crippen LogP contribution is 2.36. The van der Waals surface area contributed by atoms with Gasteiger partial charge in [-0.3, -0.25) is 9.48 Å². The molecule has 158 valence electrons. The van der Waals surface area contributed by atoms with Gasteiger partial charge in [0.1, 0.15) is 5.82 Å².